The molecule has 0 fully saturated rings. The van der Waals surface area contributed by atoms with Gasteiger partial charge in [-0.2, -0.15) is 5.10 Å². The summed E-state index contributed by atoms with van der Waals surface area (Å²) in [4.78, 5) is 21.2. The maximum atomic E-state index is 10.7. The van der Waals surface area contributed by atoms with Crippen LogP contribution in [0.2, 0.25) is 0 Å². The van der Waals surface area contributed by atoms with Gasteiger partial charge >= 0.3 is 0 Å². The van der Waals surface area contributed by atoms with E-state index in [4.69, 9.17) is 5.73 Å². The number of carbonyl (C=O) groups excluding carboxylic acids is 2. The summed E-state index contributed by atoms with van der Waals surface area (Å²) < 4.78 is 1.16. The Bertz CT molecular complexity index is 316. The SMILES string of the molecule is CC(=O)n1ccc(CC(N)=O)n1. The van der Waals surface area contributed by atoms with Crippen LogP contribution in [-0.2, 0) is 11.2 Å². The highest BCUT2D eigenvalue weighted by Gasteiger charge is 2.04. The molecule has 1 amide bonds. The molecule has 0 aliphatic rings. The van der Waals surface area contributed by atoms with Crippen molar-refractivity contribution in [3.63, 3.8) is 0 Å². The molecule has 0 bridgehead atoms. The maximum absolute atomic E-state index is 10.7. The van der Waals surface area contributed by atoms with Crippen LogP contribution in [0.3, 0.4) is 0 Å². The van der Waals surface area contributed by atoms with Gasteiger partial charge in [-0.05, 0) is 6.07 Å². The number of hydrogen-bond donors (Lipinski definition) is 1. The molecular formula is C7H9N3O2. The van der Waals surface area contributed by atoms with Crippen LogP contribution in [0.1, 0.15) is 17.4 Å². The van der Waals surface area contributed by atoms with Crippen LogP contribution < -0.4 is 5.73 Å². The number of primary amides is 1. The van der Waals surface area contributed by atoms with Gasteiger partial charge < -0.3 is 5.73 Å². The monoisotopic (exact) mass is 167 g/mol. The van der Waals surface area contributed by atoms with Gasteiger partial charge in [0.25, 0.3) is 0 Å². The first-order valence-electron chi connectivity index (χ1n) is 3.43. The molecule has 0 unspecified atom stereocenters. The maximum Gasteiger partial charge on any atom is 0.243 e. The van der Waals surface area contributed by atoms with Gasteiger partial charge in [-0.25, -0.2) is 4.68 Å². The molecule has 1 heterocycles. The molecule has 0 aromatic carbocycles. The number of hydrogen-bond acceptors (Lipinski definition) is 3. The fourth-order valence-corrected chi connectivity index (χ4v) is 0.810. The highest BCUT2D eigenvalue weighted by atomic mass is 16.2. The van der Waals surface area contributed by atoms with E-state index in [-0.39, 0.29) is 12.3 Å². The summed E-state index contributed by atoms with van der Waals surface area (Å²) in [5, 5.41) is 3.82. The summed E-state index contributed by atoms with van der Waals surface area (Å²) in [6, 6.07) is 1.59. The van der Waals surface area contributed by atoms with Gasteiger partial charge in [0.05, 0.1) is 12.1 Å². The van der Waals surface area contributed by atoms with E-state index < -0.39 is 5.91 Å². The molecule has 0 radical (unpaired) electrons. The van der Waals surface area contributed by atoms with Gasteiger partial charge in [0, 0.05) is 13.1 Å². The second-order valence-electron chi connectivity index (χ2n) is 2.41. The highest BCUT2D eigenvalue weighted by Crippen LogP contribution is 1.95. The van der Waals surface area contributed by atoms with Crippen LogP contribution >= 0.6 is 0 Å². The average molecular weight is 167 g/mol. The topological polar surface area (TPSA) is 78.0 Å². The van der Waals surface area contributed by atoms with Crippen molar-refractivity contribution in [2.45, 2.75) is 13.3 Å². The van der Waals surface area contributed by atoms with Gasteiger partial charge in [-0.1, -0.05) is 0 Å². The number of carbonyl (C=O) groups is 2. The Balaban J connectivity index is 2.77. The van der Waals surface area contributed by atoms with Crippen molar-refractivity contribution < 1.29 is 9.59 Å². The molecule has 5 heteroatoms. The van der Waals surface area contributed by atoms with E-state index in [2.05, 4.69) is 5.10 Å². The lowest BCUT2D eigenvalue weighted by molar-refractivity contribution is -0.117. The molecule has 0 saturated heterocycles. The standard InChI is InChI=1S/C7H9N3O2/c1-5(11)10-3-2-6(9-10)4-7(8)12/h2-3H,4H2,1H3,(H2,8,12). The Morgan fingerprint density at radius 2 is 2.33 bits per heavy atom. The number of rotatable bonds is 2. The van der Waals surface area contributed by atoms with E-state index in [0.29, 0.717) is 5.69 Å². The van der Waals surface area contributed by atoms with Crippen molar-refractivity contribution in [3.8, 4) is 0 Å². The summed E-state index contributed by atoms with van der Waals surface area (Å²) in [6.07, 6.45) is 1.57. The van der Waals surface area contributed by atoms with E-state index in [1.54, 1.807) is 6.07 Å². The Morgan fingerprint density at radius 3 is 2.75 bits per heavy atom. The van der Waals surface area contributed by atoms with Crippen molar-refractivity contribution in [2.24, 2.45) is 5.73 Å². The summed E-state index contributed by atoms with van der Waals surface area (Å²) >= 11 is 0. The van der Waals surface area contributed by atoms with Gasteiger partial charge in [0.15, 0.2) is 0 Å². The Morgan fingerprint density at radius 1 is 1.67 bits per heavy atom. The van der Waals surface area contributed by atoms with Crippen LogP contribution in [-0.4, -0.2) is 21.6 Å². The Labute approximate surface area is 69.2 Å². The van der Waals surface area contributed by atoms with Crippen LogP contribution in [0, 0.1) is 0 Å². The number of aromatic nitrogens is 2. The molecule has 0 aliphatic carbocycles. The van der Waals surface area contributed by atoms with Crippen LogP contribution in [0.5, 0.6) is 0 Å². The third-order valence-electron chi connectivity index (χ3n) is 1.32. The number of amides is 1. The molecular weight excluding hydrogens is 158 g/mol. The molecule has 1 rings (SSSR count). The second-order valence-corrected chi connectivity index (χ2v) is 2.41. The quantitative estimate of drug-likeness (QED) is 0.649. The molecule has 0 aliphatic heterocycles. The lowest BCUT2D eigenvalue weighted by atomic mass is 10.3. The normalized spacial score (nSPS) is 9.75. The average Bonchev–Trinajstić information content (AvgIpc) is 2.34. The molecule has 12 heavy (non-hydrogen) atoms. The largest absolute Gasteiger partial charge is 0.369 e. The zero-order valence-electron chi connectivity index (χ0n) is 6.65. The van der Waals surface area contributed by atoms with Crippen molar-refractivity contribution >= 4 is 11.8 Å². The van der Waals surface area contributed by atoms with Crippen LogP contribution in [0.4, 0.5) is 0 Å². The summed E-state index contributed by atoms with van der Waals surface area (Å²) in [6.45, 7) is 1.39. The first kappa shape index (κ1) is 8.45. The van der Waals surface area contributed by atoms with E-state index in [0.717, 1.165) is 4.68 Å². The van der Waals surface area contributed by atoms with Crippen LogP contribution in [0.25, 0.3) is 0 Å². The van der Waals surface area contributed by atoms with Gasteiger partial charge in [-0.3, -0.25) is 9.59 Å². The van der Waals surface area contributed by atoms with Gasteiger partial charge in [0.2, 0.25) is 11.8 Å². The van der Waals surface area contributed by atoms with Gasteiger partial charge in [0.1, 0.15) is 0 Å². The smallest absolute Gasteiger partial charge is 0.243 e. The third kappa shape index (κ3) is 1.91. The first-order chi connectivity index (χ1) is 5.59. The molecule has 0 spiro atoms. The summed E-state index contributed by atoms with van der Waals surface area (Å²) in [5.41, 5.74) is 5.45. The van der Waals surface area contributed by atoms with Crippen molar-refractivity contribution in [2.75, 3.05) is 0 Å². The number of nitrogens with zero attached hydrogens (tertiary/aromatic N) is 2. The van der Waals surface area contributed by atoms with E-state index in [9.17, 15) is 9.59 Å². The minimum Gasteiger partial charge on any atom is -0.369 e. The van der Waals surface area contributed by atoms with E-state index >= 15 is 0 Å². The molecule has 2 N–H and O–H groups in total. The predicted octanol–water partition coefficient (Wildman–Crippen LogP) is -0.429. The minimum absolute atomic E-state index is 0.0697. The van der Waals surface area contributed by atoms with Crippen molar-refractivity contribution in [1.29, 1.82) is 0 Å². The van der Waals surface area contributed by atoms with Gasteiger partial charge in [-0.15, -0.1) is 0 Å². The fourth-order valence-electron chi connectivity index (χ4n) is 0.810. The second kappa shape index (κ2) is 3.17. The van der Waals surface area contributed by atoms with Crippen molar-refractivity contribution in [1.82, 2.24) is 9.78 Å². The predicted molar refractivity (Wildman–Crippen MR) is 41.4 cm³/mol. The third-order valence-corrected chi connectivity index (χ3v) is 1.32. The zero-order chi connectivity index (χ0) is 9.14. The Hall–Kier alpha value is -1.65. The molecule has 0 atom stereocenters. The first-order valence-corrected chi connectivity index (χ1v) is 3.43. The highest BCUT2D eigenvalue weighted by molar-refractivity contribution is 5.77. The minimum atomic E-state index is -0.455. The summed E-state index contributed by atoms with van der Waals surface area (Å²) in [7, 11) is 0. The Kier molecular flexibility index (Phi) is 2.23. The van der Waals surface area contributed by atoms with E-state index in [1.807, 2.05) is 0 Å². The molecule has 5 nitrogen and oxygen atoms in total. The number of nitrogens with two attached hydrogens (primary N) is 1. The fraction of sp³-hybridized carbons (Fsp3) is 0.286. The van der Waals surface area contributed by atoms with E-state index in [1.165, 1.54) is 13.1 Å². The lowest BCUT2D eigenvalue weighted by Gasteiger charge is -1.91. The molecule has 1 aromatic heterocycles. The summed E-state index contributed by atoms with van der Waals surface area (Å²) in [5.74, 6) is -0.644. The molecule has 0 saturated carbocycles. The van der Waals surface area contributed by atoms with Crippen molar-refractivity contribution in [3.05, 3.63) is 18.0 Å². The molecule has 1 aromatic rings. The lowest BCUT2D eigenvalue weighted by Crippen LogP contribution is -2.15. The molecule has 64 valence electrons. The van der Waals surface area contributed by atoms with Crippen LogP contribution in [0.15, 0.2) is 12.3 Å². The zero-order valence-corrected chi connectivity index (χ0v) is 6.65.